The number of methoxy groups -OCH3 is 1. The van der Waals surface area contributed by atoms with E-state index in [4.69, 9.17) is 4.74 Å². The fourth-order valence-corrected chi connectivity index (χ4v) is 3.41. The molecule has 5 nitrogen and oxygen atoms in total. The first-order valence-electron chi connectivity index (χ1n) is 9.34. The molecule has 144 valence electrons. The molecule has 1 atom stereocenters. The SMILES string of the molecule is COc1ccc(C(CNC(=O)Nc2ccc(F)cc2)N2CCCCC2)cc1. The van der Waals surface area contributed by atoms with Gasteiger partial charge in [0.25, 0.3) is 0 Å². The normalized spacial score (nSPS) is 15.8. The highest BCUT2D eigenvalue weighted by molar-refractivity contribution is 5.89. The zero-order valence-electron chi connectivity index (χ0n) is 15.6. The van der Waals surface area contributed by atoms with Crippen LogP contribution in [0.2, 0.25) is 0 Å². The molecule has 6 heteroatoms. The Kier molecular flexibility index (Phi) is 6.65. The number of anilines is 1. The van der Waals surface area contributed by atoms with E-state index >= 15 is 0 Å². The van der Waals surface area contributed by atoms with Crippen LogP contribution in [0.5, 0.6) is 5.75 Å². The molecular weight excluding hydrogens is 345 g/mol. The van der Waals surface area contributed by atoms with Crippen molar-refractivity contribution in [1.29, 1.82) is 0 Å². The van der Waals surface area contributed by atoms with Crippen molar-refractivity contribution in [3.8, 4) is 5.75 Å². The largest absolute Gasteiger partial charge is 0.497 e. The van der Waals surface area contributed by atoms with Crippen molar-refractivity contribution in [3.63, 3.8) is 0 Å². The highest BCUT2D eigenvalue weighted by Gasteiger charge is 2.23. The predicted molar refractivity (Wildman–Crippen MR) is 105 cm³/mol. The molecular formula is C21H26FN3O2. The zero-order chi connectivity index (χ0) is 19.1. The number of piperidine rings is 1. The summed E-state index contributed by atoms with van der Waals surface area (Å²) in [5.74, 6) is 0.490. The van der Waals surface area contributed by atoms with Crippen molar-refractivity contribution >= 4 is 11.7 Å². The molecule has 2 amide bonds. The number of nitrogens with zero attached hydrogens (tertiary/aromatic N) is 1. The highest BCUT2D eigenvalue weighted by Crippen LogP contribution is 2.26. The molecule has 2 aromatic carbocycles. The molecule has 3 rings (SSSR count). The van der Waals surface area contributed by atoms with Gasteiger partial charge in [-0.25, -0.2) is 9.18 Å². The average molecular weight is 371 g/mol. The minimum Gasteiger partial charge on any atom is -0.497 e. The fourth-order valence-electron chi connectivity index (χ4n) is 3.41. The van der Waals surface area contributed by atoms with E-state index < -0.39 is 0 Å². The smallest absolute Gasteiger partial charge is 0.319 e. The molecule has 1 saturated heterocycles. The summed E-state index contributed by atoms with van der Waals surface area (Å²) in [6, 6.07) is 13.5. The number of carbonyl (C=O) groups is 1. The van der Waals surface area contributed by atoms with Gasteiger partial charge >= 0.3 is 6.03 Å². The summed E-state index contributed by atoms with van der Waals surface area (Å²) >= 11 is 0. The number of carbonyl (C=O) groups excluding carboxylic acids is 1. The summed E-state index contributed by atoms with van der Waals surface area (Å²) in [5.41, 5.74) is 1.72. The minimum atomic E-state index is -0.328. The maximum Gasteiger partial charge on any atom is 0.319 e. The lowest BCUT2D eigenvalue weighted by Crippen LogP contribution is -2.41. The van der Waals surface area contributed by atoms with Crippen LogP contribution in [-0.2, 0) is 0 Å². The van der Waals surface area contributed by atoms with E-state index in [0.717, 1.165) is 24.4 Å². The second-order valence-electron chi connectivity index (χ2n) is 6.73. The van der Waals surface area contributed by atoms with Crippen molar-refractivity contribution in [2.24, 2.45) is 0 Å². The van der Waals surface area contributed by atoms with Gasteiger partial charge in [0.15, 0.2) is 0 Å². The van der Waals surface area contributed by atoms with Gasteiger partial charge in [0, 0.05) is 12.2 Å². The third kappa shape index (κ3) is 5.44. The monoisotopic (exact) mass is 371 g/mol. The molecule has 0 radical (unpaired) electrons. The summed E-state index contributed by atoms with van der Waals surface area (Å²) in [5, 5.41) is 5.70. The van der Waals surface area contributed by atoms with Crippen LogP contribution >= 0.6 is 0 Å². The van der Waals surface area contributed by atoms with Gasteiger partial charge in [-0.3, -0.25) is 4.90 Å². The van der Waals surface area contributed by atoms with Gasteiger partial charge in [-0.2, -0.15) is 0 Å². The molecule has 1 unspecified atom stereocenters. The van der Waals surface area contributed by atoms with Crippen LogP contribution in [0.4, 0.5) is 14.9 Å². The molecule has 1 aliphatic heterocycles. The first kappa shape index (κ1) is 19.2. The average Bonchev–Trinajstić information content (AvgIpc) is 2.71. The number of ether oxygens (including phenoxy) is 1. The van der Waals surface area contributed by atoms with E-state index in [1.54, 1.807) is 19.2 Å². The van der Waals surface area contributed by atoms with Crippen molar-refractivity contribution < 1.29 is 13.9 Å². The van der Waals surface area contributed by atoms with Crippen LogP contribution in [0.25, 0.3) is 0 Å². The van der Waals surface area contributed by atoms with Crippen LogP contribution in [0.15, 0.2) is 48.5 Å². The van der Waals surface area contributed by atoms with Crippen molar-refractivity contribution in [2.75, 3.05) is 32.1 Å². The molecule has 0 bridgehead atoms. The van der Waals surface area contributed by atoms with Gasteiger partial charge in [0.1, 0.15) is 11.6 Å². The maximum atomic E-state index is 13.0. The lowest BCUT2D eigenvalue weighted by Gasteiger charge is -2.35. The molecule has 1 heterocycles. The van der Waals surface area contributed by atoms with Gasteiger partial charge in [-0.05, 0) is 67.9 Å². The third-order valence-corrected chi connectivity index (χ3v) is 4.89. The second kappa shape index (κ2) is 9.37. The Morgan fingerprint density at radius 2 is 1.74 bits per heavy atom. The third-order valence-electron chi connectivity index (χ3n) is 4.89. The van der Waals surface area contributed by atoms with Crippen LogP contribution in [0.1, 0.15) is 30.9 Å². The number of hydrogen-bond donors (Lipinski definition) is 2. The van der Waals surface area contributed by atoms with Crippen molar-refractivity contribution in [1.82, 2.24) is 10.2 Å². The Morgan fingerprint density at radius 1 is 1.07 bits per heavy atom. The number of likely N-dealkylation sites (tertiary alicyclic amines) is 1. The first-order chi connectivity index (χ1) is 13.2. The topological polar surface area (TPSA) is 53.6 Å². The molecule has 27 heavy (non-hydrogen) atoms. The van der Waals surface area contributed by atoms with E-state index in [1.807, 2.05) is 12.1 Å². The molecule has 0 spiro atoms. The van der Waals surface area contributed by atoms with E-state index in [9.17, 15) is 9.18 Å². The van der Waals surface area contributed by atoms with Gasteiger partial charge in [0.05, 0.1) is 13.2 Å². The molecule has 1 aliphatic rings. The lowest BCUT2D eigenvalue weighted by molar-refractivity contribution is 0.161. The number of nitrogens with one attached hydrogen (secondary N) is 2. The Balaban J connectivity index is 1.64. The number of rotatable bonds is 6. The lowest BCUT2D eigenvalue weighted by atomic mass is 10.0. The van der Waals surface area contributed by atoms with Gasteiger partial charge in [-0.1, -0.05) is 18.6 Å². The molecule has 2 aromatic rings. The summed E-state index contributed by atoms with van der Waals surface area (Å²) in [7, 11) is 1.65. The summed E-state index contributed by atoms with van der Waals surface area (Å²) in [4.78, 5) is 14.7. The molecule has 0 aliphatic carbocycles. The molecule has 0 aromatic heterocycles. The standard InChI is InChI=1S/C21H26FN3O2/c1-27-19-11-5-16(6-12-19)20(25-13-3-2-4-14-25)15-23-21(26)24-18-9-7-17(22)8-10-18/h5-12,20H,2-4,13-15H2,1H3,(H2,23,24,26). The van der Waals surface area contributed by atoms with E-state index in [-0.39, 0.29) is 17.9 Å². The van der Waals surface area contributed by atoms with Crippen LogP contribution in [-0.4, -0.2) is 37.7 Å². The van der Waals surface area contributed by atoms with Gasteiger partial charge in [0.2, 0.25) is 0 Å². The Bertz CT molecular complexity index is 728. The number of hydrogen-bond acceptors (Lipinski definition) is 3. The first-order valence-corrected chi connectivity index (χ1v) is 9.34. The van der Waals surface area contributed by atoms with Gasteiger partial charge < -0.3 is 15.4 Å². The predicted octanol–water partition coefficient (Wildman–Crippen LogP) is 4.18. The number of benzene rings is 2. The number of amides is 2. The maximum absolute atomic E-state index is 13.0. The van der Waals surface area contributed by atoms with E-state index in [1.165, 1.54) is 31.4 Å². The fraction of sp³-hybridized carbons (Fsp3) is 0.381. The van der Waals surface area contributed by atoms with Crippen LogP contribution in [0, 0.1) is 5.82 Å². The van der Waals surface area contributed by atoms with Crippen LogP contribution < -0.4 is 15.4 Å². The molecule has 2 N–H and O–H groups in total. The molecule has 0 saturated carbocycles. The second-order valence-corrected chi connectivity index (χ2v) is 6.73. The number of urea groups is 1. The van der Waals surface area contributed by atoms with Crippen LogP contribution in [0.3, 0.4) is 0 Å². The van der Waals surface area contributed by atoms with E-state index in [2.05, 4.69) is 27.7 Å². The molecule has 1 fully saturated rings. The summed E-state index contributed by atoms with van der Waals surface area (Å²) in [6.07, 6.45) is 3.60. The Morgan fingerprint density at radius 3 is 2.37 bits per heavy atom. The van der Waals surface area contributed by atoms with Crippen molar-refractivity contribution in [2.45, 2.75) is 25.3 Å². The Labute approximate surface area is 159 Å². The minimum absolute atomic E-state index is 0.107. The Hall–Kier alpha value is -2.60. The summed E-state index contributed by atoms with van der Waals surface area (Å²) in [6.45, 7) is 2.55. The number of halogens is 1. The highest BCUT2D eigenvalue weighted by atomic mass is 19.1. The quantitative estimate of drug-likeness (QED) is 0.801. The zero-order valence-corrected chi connectivity index (χ0v) is 15.6. The van der Waals surface area contributed by atoms with E-state index in [0.29, 0.717) is 12.2 Å². The van der Waals surface area contributed by atoms with Crippen molar-refractivity contribution in [3.05, 3.63) is 59.9 Å². The van der Waals surface area contributed by atoms with Gasteiger partial charge in [-0.15, -0.1) is 0 Å². The summed E-state index contributed by atoms with van der Waals surface area (Å²) < 4.78 is 18.2.